The van der Waals surface area contributed by atoms with E-state index in [1.54, 1.807) is 0 Å². The van der Waals surface area contributed by atoms with E-state index in [9.17, 15) is 0 Å². The first kappa shape index (κ1) is 10.6. The highest BCUT2D eigenvalue weighted by Gasteiger charge is 2.28. The van der Waals surface area contributed by atoms with Crippen molar-refractivity contribution in [2.45, 2.75) is 32.0 Å². The van der Waals surface area contributed by atoms with Crippen molar-refractivity contribution in [1.29, 1.82) is 0 Å². The van der Waals surface area contributed by atoms with E-state index < -0.39 is 0 Å². The molecule has 0 radical (unpaired) electrons. The van der Waals surface area contributed by atoms with Crippen molar-refractivity contribution < 1.29 is 0 Å². The van der Waals surface area contributed by atoms with Crippen LogP contribution in [0.5, 0.6) is 0 Å². The quantitative estimate of drug-likeness (QED) is 0.820. The number of hydrogen-bond acceptors (Lipinski definition) is 4. The second kappa shape index (κ2) is 3.94. The Morgan fingerprint density at radius 3 is 2.93 bits per heavy atom. The van der Waals surface area contributed by atoms with Gasteiger partial charge in [0.05, 0.1) is 5.69 Å². The maximum atomic E-state index is 4.57. The van der Waals surface area contributed by atoms with Gasteiger partial charge in [-0.3, -0.25) is 0 Å². The SMILES string of the molecule is CN(c1ncc2c(n1)CNC2)C1CC1.Cl. The Balaban J connectivity index is 0.000000853. The van der Waals surface area contributed by atoms with Crippen molar-refractivity contribution in [3.05, 3.63) is 17.5 Å². The van der Waals surface area contributed by atoms with Crippen LogP contribution in [0.3, 0.4) is 0 Å². The van der Waals surface area contributed by atoms with Gasteiger partial charge in [-0.2, -0.15) is 0 Å². The summed E-state index contributed by atoms with van der Waals surface area (Å²) in [5.41, 5.74) is 2.42. The van der Waals surface area contributed by atoms with Gasteiger partial charge in [-0.15, -0.1) is 12.4 Å². The highest BCUT2D eigenvalue weighted by Crippen LogP contribution is 2.28. The first-order valence-corrected chi connectivity index (χ1v) is 5.13. The lowest BCUT2D eigenvalue weighted by atomic mass is 10.3. The van der Waals surface area contributed by atoms with Crippen LogP contribution >= 0.6 is 12.4 Å². The molecule has 5 heteroatoms. The fourth-order valence-electron chi connectivity index (χ4n) is 1.84. The van der Waals surface area contributed by atoms with Gasteiger partial charge < -0.3 is 10.2 Å². The zero-order valence-electron chi connectivity index (χ0n) is 8.73. The first-order chi connectivity index (χ1) is 6.84. The van der Waals surface area contributed by atoms with Crippen LogP contribution in [0.25, 0.3) is 0 Å². The molecule has 2 heterocycles. The number of anilines is 1. The summed E-state index contributed by atoms with van der Waals surface area (Å²) >= 11 is 0. The zero-order chi connectivity index (χ0) is 9.54. The minimum Gasteiger partial charge on any atom is -0.341 e. The van der Waals surface area contributed by atoms with Gasteiger partial charge in [-0.05, 0) is 12.8 Å². The molecular formula is C10H15ClN4. The van der Waals surface area contributed by atoms with Gasteiger partial charge in [0.15, 0.2) is 0 Å². The van der Waals surface area contributed by atoms with Crippen molar-refractivity contribution in [1.82, 2.24) is 15.3 Å². The molecule has 0 unspecified atom stereocenters. The molecule has 0 amide bonds. The third-order valence-corrected chi connectivity index (χ3v) is 2.96. The van der Waals surface area contributed by atoms with E-state index >= 15 is 0 Å². The van der Waals surface area contributed by atoms with Gasteiger partial charge in [-0.1, -0.05) is 0 Å². The summed E-state index contributed by atoms with van der Waals surface area (Å²) < 4.78 is 0. The van der Waals surface area contributed by atoms with E-state index in [-0.39, 0.29) is 12.4 Å². The Morgan fingerprint density at radius 2 is 2.20 bits per heavy atom. The largest absolute Gasteiger partial charge is 0.341 e. The molecule has 1 aliphatic carbocycles. The van der Waals surface area contributed by atoms with E-state index in [0.29, 0.717) is 6.04 Å². The molecule has 1 N–H and O–H groups in total. The summed E-state index contributed by atoms with van der Waals surface area (Å²) in [6.45, 7) is 1.81. The molecule has 0 saturated heterocycles. The van der Waals surface area contributed by atoms with Gasteiger partial charge in [0, 0.05) is 37.9 Å². The standard InChI is InChI=1S/C10H14N4.ClH/c1-14(8-2-3-8)10-12-5-7-4-11-6-9(7)13-10;/h5,8,11H,2-4,6H2,1H3;1H. The summed E-state index contributed by atoms with van der Waals surface area (Å²) in [7, 11) is 2.09. The lowest BCUT2D eigenvalue weighted by Gasteiger charge is -2.16. The molecule has 0 aromatic carbocycles. The molecule has 3 rings (SSSR count). The number of rotatable bonds is 2. The second-order valence-corrected chi connectivity index (χ2v) is 4.09. The Labute approximate surface area is 95.5 Å². The zero-order valence-corrected chi connectivity index (χ0v) is 9.55. The lowest BCUT2D eigenvalue weighted by Crippen LogP contribution is -2.22. The average molecular weight is 227 g/mol. The van der Waals surface area contributed by atoms with E-state index in [2.05, 4.69) is 27.2 Å². The monoisotopic (exact) mass is 226 g/mol. The molecule has 0 spiro atoms. The predicted molar refractivity (Wildman–Crippen MR) is 61.2 cm³/mol. The molecule has 1 aromatic rings. The van der Waals surface area contributed by atoms with Gasteiger partial charge in [0.2, 0.25) is 5.95 Å². The Kier molecular flexibility index (Phi) is 2.80. The maximum Gasteiger partial charge on any atom is 0.225 e. The third kappa shape index (κ3) is 1.92. The lowest BCUT2D eigenvalue weighted by molar-refractivity contribution is 0.756. The van der Waals surface area contributed by atoms with Crippen LogP contribution in [-0.4, -0.2) is 23.1 Å². The van der Waals surface area contributed by atoms with Gasteiger partial charge in [0.1, 0.15) is 0 Å². The third-order valence-electron chi connectivity index (χ3n) is 2.96. The Bertz CT molecular complexity index is 364. The minimum absolute atomic E-state index is 0. The molecule has 4 nitrogen and oxygen atoms in total. The van der Waals surface area contributed by atoms with Crippen molar-refractivity contribution >= 4 is 18.4 Å². The Morgan fingerprint density at radius 1 is 1.40 bits per heavy atom. The van der Waals surface area contributed by atoms with Gasteiger partial charge >= 0.3 is 0 Å². The molecule has 1 saturated carbocycles. The normalized spacial score (nSPS) is 18.2. The fourth-order valence-corrected chi connectivity index (χ4v) is 1.84. The summed E-state index contributed by atoms with van der Waals surface area (Å²) in [5.74, 6) is 0.884. The van der Waals surface area contributed by atoms with E-state index in [0.717, 1.165) is 19.0 Å². The average Bonchev–Trinajstić information content (AvgIpc) is 2.95. The fraction of sp³-hybridized carbons (Fsp3) is 0.600. The van der Waals surface area contributed by atoms with Crippen molar-refractivity contribution in [3.8, 4) is 0 Å². The molecule has 1 aliphatic heterocycles. The summed E-state index contributed by atoms with van der Waals surface area (Å²) in [6.07, 6.45) is 4.53. The van der Waals surface area contributed by atoms with Crippen LogP contribution in [0.15, 0.2) is 6.20 Å². The van der Waals surface area contributed by atoms with Crippen LogP contribution in [0, 0.1) is 0 Å². The van der Waals surface area contributed by atoms with Crippen molar-refractivity contribution in [2.75, 3.05) is 11.9 Å². The Hall–Kier alpha value is -0.870. The summed E-state index contributed by atoms with van der Waals surface area (Å²) in [5, 5.41) is 3.28. The van der Waals surface area contributed by atoms with Crippen LogP contribution in [0.4, 0.5) is 5.95 Å². The van der Waals surface area contributed by atoms with Crippen LogP contribution in [0.1, 0.15) is 24.1 Å². The molecule has 82 valence electrons. The molecule has 2 aliphatic rings. The molecule has 15 heavy (non-hydrogen) atoms. The predicted octanol–water partition coefficient (Wildman–Crippen LogP) is 1.10. The summed E-state index contributed by atoms with van der Waals surface area (Å²) in [6, 6.07) is 0.683. The topological polar surface area (TPSA) is 41.1 Å². The number of nitrogens with one attached hydrogen (secondary N) is 1. The number of hydrogen-bond donors (Lipinski definition) is 1. The number of aromatic nitrogens is 2. The van der Waals surface area contributed by atoms with Crippen LogP contribution in [0.2, 0.25) is 0 Å². The smallest absolute Gasteiger partial charge is 0.225 e. The molecule has 0 bridgehead atoms. The number of fused-ring (bicyclic) bond motifs is 1. The van der Waals surface area contributed by atoms with Crippen LogP contribution in [-0.2, 0) is 13.1 Å². The molecule has 1 fully saturated rings. The van der Waals surface area contributed by atoms with E-state index in [1.807, 2.05) is 6.20 Å². The summed E-state index contributed by atoms with van der Waals surface area (Å²) in [4.78, 5) is 11.1. The highest BCUT2D eigenvalue weighted by molar-refractivity contribution is 5.85. The first-order valence-electron chi connectivity index (χ1n) is 5.13. The van der Waals surface area contributed by atoms with Gasteiger partial charge in [0.25, 0.3) is 0 Å². The molecular weight excluding hydrogens is 212 g/mol. The van der Waals surface area contributed by atoms with Crippen molar-refractivity contribution in [3.63, 3.8) is 0 Å². The molecule has 1 aromatic heterocycles. The van der Waals surface area contributed by atoms with Gasteiger partial charge in [-0.25, -0.2) is 9.97 Å². The minimum atomic E-state index is 0. The maximum absolute atomic E-state index is 4.57. The van der Waals surface area contributed by atoms with E-state index in [1.165, 1.54) is 24.1 Å². The van der Waals surface area contributed by atoms with E-state index in [4.69, 9.17) is 0 Å². The number of nitrogens with zero attached hydrogens (tertiary/aromatic N) is 3. The molecule has 0 atom stereocenters. The highest BCUT2D eigenvalue weighted by atomic mass is 35.5. The number of halogens is 1. The van der Waals surface area contributed by atoms with Crippen LogP contribution < -0.4 is 10.2 Å². The second-order valence-electron chi connectivity index (χ2n) is 4.09. The van der Waals surface area contributed by atoms with Crippen molar-refractivity contribution in [2.24, 2.45) is 0 Å².